The molecule has 19 heavy (non-hydrogen) atoms. The predicted molar refractivity (Wildman–Crippen MR) is 63.9 cm³/mol. The highest BCUT2D eigenvalue weighted by atomic mass is 32.1. The van der Waals surface area contributed by atoms with E-state index in [0.717, 1.165) is 0 Å². The Balaban J connectivity index is 2.92. The summed E-state index contributed by atoms with van der Waals surface area (Å²) < 4.78 is 41.8. The van der Waals surface area contributed by atoms with Gasteiger partial charge in [-0.3, -0.25) is 0 Å². The number of alkyl halides is 3. The van der Waals surface area contributed by atoms with Gasteiger partial charge >= 0.3 is 12.1 Å². The monoisotopic (exact) mass is 297 g/mol. The van der Waals surface area contributed by atoms with Crippen LogP contribution in [0.3, 0.4) is 0 Å². The molecule has 0 fully saturated rings. The Labute approximate surface area is 112 Å². The zero-order valence-corrected chi connectivity index (χ0v) is 11.5. The summed E-state index contributed by atoms with van der Waals surface area (Å²) in [5.41, 5.74) is -1.12. The second kappa shape index (κ2) is 5.72. The van der Waals surface area contributed by atoms with Crippen molar-refractivity contribution in [3.05, 3.63) is 5.01 Å². The number of methoxy groups -OCH3 is 1. The van der Waals surface area contributed by atoms with Crippen molar-refractivity contribution in [1.82, 2.24) is 10.2 Å². The molecule has 0 saturated heterocycles. The molecule has 0 spiro atoms. The molecule has 1 aromatic heterocycles. The minimum atomic E-state index is -4.54. The average Bonchev–Trinajstić information content (AvgIpc) is 2.76. The van der Waals surface area contributed by atoms with Crippen molar-refractivity contribution in [3.63, 3.8) is 0 Å². The minimum Gasteiger partial charge on any atom is -0.467 e. The van der Waals surface area contributed by atoms with Crippen molar-refractivity contribution in [2.24, 2.45) is 0 Å². The summed E-state index contributed by atoms with van der Waals surface area (Å²) in [4.78, 5) is 11.7. The average molecular weight is 297 g/mol. The number of ether oxygens (including phenoxy) is 1. The first-order valence-corrected chi connectivity index (χ1v) is 6.32. The molecule has 9 heteroatoms. The number of esters is 1. The van der Waals surface area contributed by atoms with Gasteiger partial charge in [0.05, 0.1) is 7.11 Å². The van der Waals surface area contributed by atoms with E-state index in [9.17, 15) is 18.0 Å². The maximum Gasteiger partial charge on any atom is 0.445 e. The lowest BCUT2D eigenvalue weighted by atomic mass is 9.97. The molecule has 0 radical (unpaired) electrons. The van der Waals surface area contributed by atoms with E-state index < -0.39 is 22.7 Å². The molecule has 1 atom stereocenters. The molecule has 1 unspecified atom stereocenters. The first-order valence-electron chi connectivity index (χ1n) is 5.50. The van der Waals surface area contributed by atoms with Gasteiger partial charge in [-0.25, -0.2) is 4.79 Å². The number of carbonyl (C=O) groups is 1. The van der Waals surface area contributed by atoms with Gasteiger partial charge in [0.15, 0.2) is 0 Å². The standard InChI is InChI=1S/C10H14F3N3O2S/c1-4-5-9(2,7(17)18-3)14-8-16-15-6(19-8)10(11,12)13/h4-5H2,1-3H3,(H,14,16). The van der Waals surface area contributed by atoms with E-state index >= 15 is 0 Å². The van der Waals surface area contributed by atoms with E-state index in [4.69, 9.17) is 0 Å². The Morgan fingerprint density at radius 3 is 2.47 bits per heavy atom. The number of carbonyl (C=O) groups excluding carboxylic acids is 1. The lowest BCUT2D eigenvalue weighted by molar-refractivity contribution is -0.145. The SMILES string of the molecule is CCCC(C)(Nc1nnc(C(F)(F)F)s1)C(=O)OC. The maximum absolute atomic E-state index is 12.4. The summed E-state index contributed by atoms with van der Waals surface area (Å²) in [6.07, 6.45) is -3.48. The summed E-state index contributed by atoms with van der Waals surface area (Å²) in [5, 5.41) is 7.99. The summed E-state index contributed by atoms with van der Waals surface area (Å²) in [6.45, 7) is 3.40. The van der Waals surface area contributed by atoms with E-state index in [1.54, 1.807) is 6.92 Å². The van der Waals surface area contributed by atoms with Crippen LogP contribution in [0.5, 0.6) is 0 Å². The Morgan fingerprint density at radius 1 is 1.42 bits per heavy atom. The molecule has 108 valence electrons. The smallest absolute Gasteiger partial charge is 0.445 e. The van der Waals surface area contributed by atoms with Gasteiger partial charge in [0, 0.05) is 0 Å². The van der Waals surface area contributed by atoms with Crippen LogP contribution in [0.1, 0.15) is 31.7 Å². The van der Waals surface area contributed by atoms with Crippen molar-refractivity contribution in [3.8, 4) is 0 Å². The Morgan fingerprint density at radius 2 is 2.05 bits per heavy atom. The van der Waals surface area contributed by atoms with Crippen LogP contribution in [-0.2, 0) is 15.7 Å². The minimum absolute atomic E-state index is 0.0614. The van der Waals surface area contributed by atoms with Gasteiger partial charge in [-0.15, -0.1) is 10.2 Å². The zero-order chi connectivity index (χ0) is 14.7. The highest BCUT2D eigenvalue weighted by molar-refractivity contribution is 7.15. The van der Waals surface area contributed by atoms with Crippen LogP contribution in [0.15, 0.2) is 0 Å². The third-order valence-electron chi connectivity index (χ3n) is 2.44. The highest BCUT2D eigenvalue weighted by Gasteiger charge is 2.38. The largest absolute Gasteiger partial charge is 0.467 e. The van der Waals surface area contributed by atoms with E-state index in [1.165, 1.54) is 7.11 Å². The molecule has 1 N–H and O–H groups in total. The van der Waals surface area contributed by atoms with Gasteiger partial charge < -0.3 is 10.1 Å². The van der Waals surface area contributed by atoms with Crippen molar-refractivity contribution in [1.29, 1.82) is 0 Å². The molecule has 0 aliphatic heterocycles. The van der Waals surface area contributed by atoms with Crippen molar-refractivity contribution >= 4 is 22.4 Å². The summed E-state index contributed by atoms with van der Waals surface area (Å²) in [6, 6.07) is 0. The Kier molecular flexibility index (Phi) is 4.72. The van der Waals surface area contributed by atoms with Crippen LogP contribution in [0.4, 0.5) is 18.3 Å². The number of nitrogens with one attached hydrogen (secondary N) is 1. The Bertz CT molecular complexity index is 449. The molecule has 0 amide bonds. The van der Waals surface area contributed by atoms with Crippen molar-refractivity contribution in [2.45, 2.75) is 38.4 Å². The van der Waals surface area contributed by atoms with Crippen LogP contribution in [-0.4, -0.2) is 28.8 Å². The topological polar surface area (TPSA) is 64.1 Å². The van der Waals surface area contributed by atoms with Crippen molar-refractivity contribution in [2.75, 3.05) is 12.4 Å². The molecule has 1 rings (SSSR count). The molecule has 0 aliphatic carbocycles. The fraction of sp³-hybridized carbons (Fsp3) is 0.700. The molecular weight excluding hydrogens is 283 g/mol. The third kappa shape index (κ3) is 3.79. The van der Waals surface area contributed by atoms with Gasteiger partial charge in [-0.2, -0.15) is 13.2 Å². The molecule has 0 bridgehead atoms. The van der Waals surface area contributed by atoms with Gasteiger partial charge in [0.1, 0.15) is 5.54 Å². The number of aromatic nitrogens is 2. The van der Waals surface area contributed by atoms with Crippen molar-refractivity contribution < 1.29 is 22.7 Å². The second-order valence-corrected chi connectivity index (χ2v) is 5.09. The zero-order valence-electron chi connectivity index (χ0n) is 10.7. The number of halogens is 3. The quantitative estimate of drug-likeness (QED) is 0.847. The first-order chi connectivity index (χ1) is 8.73. The van der Waals surface area contributed by atoms with Crippen LogP contribution < -0.4 is 5.32 Å². The lowest BCUT2D eigenvalue weighted by Crippen LogP contribution is -2.44. The number of anilines is 1. The predicted octanol–water partition coefficient (Wildman–Crippen LogP) is 2.70. The molecular formula is C10H14F3N3O2S. The first kappa shape index (κ1) is 15.7. The lowest BCUT2D eigenvalue weighted by Gasteiger charge is -2.26. The number of hydrogen-bond donors (Lipinski definition) is 1. The number of rotatable bonds is 5. The Hall–Kier alpha value is -1.38. The van der Waals surface area contributed by atoms with Gasteiger partial charge in [0.2, 0.25) is 10.1 Å². The third-order valence-corrected chi connectivity index (χ3v) is 3.32. The highest BCUT2D eigenvalue weighted by Crippen LogP contribution is 2.34. The fourth-order valence-corrected chi connectivity index (χ4v) is 2.30. The van der Waals surface area contributed by atoms with Crippen LogP contribution in [0.25, 0.3) is 0 Å². The molecule has 1 heterocycles. The molecule has 5 nitrogen and oxygen atoms in total. The van der Waals surface area contributed by atoms with Gasteiger partial charge in [-0.1, -0.05) is 24.7 Å². The van der Waals surface area contributed by atoms with Crippen LogP contribution >= 0.6 is 11.3 Å². The van der Waals surface area contributed by atoms with E-state index in [2.05, 4.69) is 20.3 Å². The number of hydrogen-bond acceptors (Lipinski definition) is 6. The normalized spacial score (nSPS) is 14.8. The molecule has 0 saturated carbocycles. The summed E-state index contributed by atoms with van der Waals surface area (Å²) in [5.74, 6) is -0.557. The molecule has 0 aliphatic rings. The second-order valence-electron chi connectivity index (χ2n) is 4.11. The van der Waals surface area contributed by atoms with Gasteiger partial charge in [-0.05, 0) is 13.3 Å². The van der Waals surface area contributed by atoms with Crippen LogP contribution in [0, 0.1) is 0 Å². The van der Waals surface area contributed by atoms with Crippen LogP contribution in [0.2, 0.25) is 0 Å². The summed E-state index contributed by atoms with van der Waals surface area (Å²) >= 11 is 0.354. The molecule has 1 aromatic rings. The number of nitrogens with zero attached hydrogens (tertiary/aromatic N) is 2. The molecule has 0 aromatic carbocycles. The van der Waals surface area contributed by atoms with E-state index in [0.29, 0.717) is 24.2 Å². The van der Waals surface area contributed by atoms with E-state index in [1.807, 2.05) is 6.92 Å². The van der Waals surface area contributed by atoms with E-state index in [-0.39, 0.29) is 5.13 Å². The van der Waals surface area contributed by atoms with Gasteiger partial charge in [0.25, 0.3) is 0 Å². The summed E-state index contributed by atoms with van der Waals surface area (Å²) in [7, 11) is 1.22. The maximum atomic E-state index is 12.4. The fourth-order valence-electron chi connectivity index (χ4n) is 1.57.